The highest BCUT2D eigenvalue weighted by Crippen LogP contribution is 2.18. The molecule has 86 valence electrons. The lowest BCUT2D eigenvalue weighted by Crippen LogP contribution is -2.34. The Labute approximate surface area is 97.8 Å². The van der Waals surface area contributed by atoms with Crippen LogP contribution >= 0.6 is 15.9 Å². The fourth-order valence-electron chi connectivity index (χ4n) is 1.51. The zero-order chi connectivity index (χ0) is 11.2. The standard InChI is InChI=1S/C11H25BrN2/c1-11(2,9-12)10-14(5)8-6-7-13(3)4/h6-10H2,1-5H3. The first-order valence-corrected chi connectivity index (χ1v) is 6.39. The highest BCUT2D eigenvalue weighted by molar-refractivity contribution is 9.09. The van der Waals surface area contributed by atoms with Crippen molar-refractivity contribution in [2.45, 2.75) is 20.3 Å². The van der Waals surface area contributed by atoms with Gasteiger partial charge in [0, 0.05) is 11.9 Å². The predicted octanol–water partition coefficient (Wildman–Crippen LogP) is 2.29. The molecule has 0 aliphatic rings. The fraction of sp³-hybridized carbons (Fsp3) is 1.00. The van der Waals surface area contributed by atoms with E-state index >= 15 is 0 Å². The van der Waals surface area contributed by atoms with E-state index in [4.69, 9.17) is 0 Å². The average molecular weight is 265 g/mol. The molecular formula is C11H25BrN2. The van der Waals surface area contributed by atoms with Crippen molar-refractivity contribution in [2.75, 3.05) is 46.1 Å². The van der Waals surface area contributed by atoms with Gasteiger partial charge in [0.05, 0.1) is 0 Å². The summed E-state index contributed by atoms with van der Waals surface area (Å²) in [5.74, 6) is 0. The van der Waals surface area contributed by atoms with Gasteiger partial charge in [-0.25, -0.2) is 0 Å². The Bertz CT molecular complexity index is 146. The summed E-state index contributed by atoms with van der Waals surface area (Å²) in [5.41, 5.74) is 0.382. The van der Waals surface area contributed by atoms with Gasteiger partial charge in [-0.1, -0.05) is 29.8 Å². The number of hydrogen-bond donors (Lipinski definition) is 0. The molecule has 0 bridgehead atoms. The molecule has 0 saturated heterocycles. The van der Waals surface area contributed by atoms with Crippen molar-refractivity contribution < 1.29 is 0 Å². The molecule has 3 heteroatoms. The SMILES string of the molecule is CN(C)CCCN(C)CC(C)(C)CBr. The van der Waals surface area contributed by atoms with E-state index in [1.807, 2.05) is 0 Å². The molecule has 0 aliphatic heterocycles. The zero-order valence-electron chi connectivity index (χ0n) is 10.3. The van der Waals surface area contributed by atoms with Gasteiger partial charge < -0.3 is 9.80 Å². The third kappa shape index (κ3) is 7.77. The number of alkyl halides is 1. The van der Waals surface area contributed by atoms with Crippen LogP contribution in [0.3, 0.4) is 0 Å². The van der Waals surface area contributed by atoms with Gasteiger partial charge in [-0.2, -0.15) is 0 Å². The minimum atomic E-state index is 0.382. The van der Waals surface area contributed by atoms with Gasteiger partial charge in [-0.15, -0.1) is 0 Å². The van der Waals surface area contributed by atoms with Crippen LogP contribution in [0.15, 0.2) is 0 Å². The molecule has 14 heavy (non-hydrogen) atoms. The van der Waals surface area contributed by atoms with Crippen molar-refractivity contribution in [2.24, 2.45) is 5.41 Å². The van der Waals surface area contributed by atoms with E-state index in [0.29, 0.717) is 5.41 Å². The molecule has 0 heterocycles. The molecule has 0 spiro atoms. The monoisotopic (exact) mass is 264 g/mol. The summed E-state index contributed by atoms with van der Waals surface area (Å²) in [6.45, 7) is 8.12. The van der Waals surface area contributed by atoms with E-state index in [0.717, 1.165) is 11.9 Å². The van der Waals surface area contributed by atoms with Crippen LogP contribution in [0.1, 0.15) is 20.3 Å². The molecule has 0 aromatic heterocycles. The van der Waals surface area contributed by atoms with Crippen LogP contribution in [-0.4, -0.2) is 55.9 Å². The molecule has 0 radical (unpaired) electrons. The quantitative estimate of drug-likeness (QED) is 0.652. The Morgan fingerprint density at radius 2 is 1.64 bits per heavy atom. The Balaban J connectivity index is 3.60. The number of rotatable bonds is 7. The smallest absolute Gasteiger partial charge is 0.00949 e. The summed E-state index contributed by atoms with van der Waals surface area (Å²) < 4.78 is 0. The molecule has 0 saturated carbocycles. The Hall–Kier alpha value is 0.400. The second-order valence-electron chi connectivity index (χ2n) is 5.19. The second kappa shape index (κ2) is 6.81. The zero-order valence-corrected chi connectivity index (χ0v) is 11.9. The van der Waals surface area contributed by atoms with E-state index in [1.54, 1.807) is 0 Å². The van der Waals surface area contributed by atoms with Gasteiger partial charge in [-0.05, 0) is 46.1 Å². The summed E-state index contributed by atoms with van der Waals surface area (Å²) in [6.07, 6.45) is 1.25. The molecule has 2 nitrogen and oxygen atoms in total. The van der Waals surface area contributed by atoms with E-state index in [9.17, 15) is 0 Å². The lowest BCUT2D eigenvalue weighted by Gasteiger charge is -2.28. The maximum atomic E-state index is 3.56. The van der Waals surface area contributed by atoms with Crippen LogP contribution in [0.5, 0.6) is 0 Å². The molecule has 0 aromatic carbocycles. The van der Waals surface area contributed by atoms with Gasteiger partial charge in [0.2, 0.25) is 0 Å². The number of halogens is 1. The van der Waals surface area contributed by atoms with Crippen LogP contribution < -0.4 is 0 Å². The van der Waals surface area contributed by atoms with E-state index < -0.39 is 0 Å². The minimum absolute atomic E-state index is 0.382. The first-order chi connectivity index (χ1) is 6.37. The molecule has 0 aromatic rings. The van der Waals surface area contributed by atoms with Crippen LogP contribution in [0, 0.1) is 5.41 Å². The Morgan fingerprint density at radius 3 is 2.07 bits per heavy atom. The molecule has 0 amide bonds. The van der Waals surface area contributed by atoms with Crippen molar-refractivity contribution >= 4 is 15.9 Å². The first kappa shape index (κ1) is 14.4. The lowest BCUT2D eigenvalue weighted by atomic mass is 9.96. The van der Waals surface area contributed by atoms with E-state index in [-0.39, 0.29) is 0 Å². The summed E-state index contributed by atoms with van der Waals surface area (Å²) in [4.78, 5) is 4.66. The number of hydrogen-bond acceptors (Lipinski definition) is 2. The first-order valence-electron chi connectivity index (χ1n) is 5.26. The van der Waals surface area contributed by atoms with Crippen molar-refractivity contribution in [3.63, 3.8) is 0 Å². The van der Waals surface area contributed by atoms with Crippen LogP contribution in [0.4, 0.5) is 0 Å². The lowest BCUT2D eigenvalue weighted by molar-refractivity contribution is 0.222. The maximum absolute atomic E-state index is 3.56. The van der Waals surface area contributed by atoms with Crippen LogP contribution in [0.25, 0.3) is 0 Å². The largest absolute Gasteiger partial charge is 0.309 e. The van der Waals surface area contributed by atoms with E-state index in [1.165, 1.54) is 19.5 Å². The molecule has 0 aliphatic carbocycles. The molecule has 0 N–H and O–H groups in total. The maximum Gasteiger partial charge on any atom is 0.00949 e. The fourth-order valence-corrected chi connectivity index (χ4v) is 1.69. The predicted molar refractivity (Wildman–Crippen MR) is 68.2 cm³/mol. The molecule has 0 rings (SSSR count). The third-order valence-corrected chi connectivity index (χ3v) is 3.72. The van der Waals surface area contributed by atoms with Gasteiger partial charge in [0.15, 0.2) is 0 Å². The van der Waals surface area contributed by atoms with Crippen molar-refractivity contribution in [3.05, 3.63) is 0 Å². The Kier molecular flexibility index (Phi) is 7.00. The van der Waals surface area contributed by atoms with Crippen molar-refractivity contribution in [1.29, 1.82) is 0 Å². The van der Waals surface area contributed by atoms with E-state index in [2.05, 4.69) is 60.7 Å². The van der Waals surface area contributed by atoms with Gasteiger partial charge in [0.1, 0.15) is 0 Å². The van der Waals surface area contributed by atoms with Crippen molar-refractivity contribution in [1.82, 2.24) is 9.80 Å². The highest BCUT2D eigenvalue weighted by atomic mass is 79.9. The van der Waals surface area contributed by atoms with Gasteiger partial charge in [-0.3, -0.25) is 0 Å². The minimum Gasteiger partial charge on any atom is -0.309 e. The number of nitrogens with zero attached hydrogens (tertiary/aromatic N) is 2. The van der Waals surface area contributed by atoms with Crippen molar-refractivity contribution in [3.8, 4) is 0 Å². The summed E-state index contributed by atoms with van der Waals surface area (Å²) >= 11 is 3.56. The topological polar surface area (TPSA) is 6.48 Å². The van der Waals surface area contributed by atoms with Crippen LogP contribution in [0.2, 0.25) is 0 Å². The second-order valence-corrected chi connectivity index (χ2v) is 5.75. The Morgan fingerprint density at radius 1 is 1.07 bits per heavy atom. The van der Waals surface area contributed by atoms with Gasteiger partial charge in [0.25, 0.3) is 0 Å². The summed E-state index contributed by atoms with van der Waals surface area (Å²) in [7, 11) is 6.46. The summed E-state index contributed by atoms with van der Waals surface area (Å²) in [5, 5.41) is 1.07. The molecule has 0 fully saturated rings. The molecule has 0 atom stereocenters. The normalized spacial score (nSPS) is 12.9. The summed E-state index contributed by atoms with van der Waals surface area (Å²) in [6, 6.07) is 0. The van der Waals surface area contributed by atoms with Crippen LogP contribution in [-0.2, 0) is 0 Å². The molecule has 0 unspecified atom stereocenters. The third-order valence-electron chi connectivity index (χ3n) is 2.20. The average Bonchev–Trinajstić information content (AvgIpc) is 2.02. The van der Waals surface area contributed by atoms with Gasteiger partial charge >= 0.3 is 0 Å². The molecular weight excluding hydrogens is 240 g/mol. The highest BCUT2D eigenvalue weighted by Gasteiger charge is 2.17.